The molecule has 1 aromatic carbocycles. The predicted molar refractivity (Wildman–Crippen MR) is 77.7 cm³/mol. The molecule has 0 aliphatic carbocycles. The first-order valence-corrected chi connectivity index (χ1v) is 7.23. The Hall–Kier alpha value is -1.43. The fourth-order valence-electron chi connectivity index (χ4n) is 2.56. The number of nitrogens with zero attached hydrogens (tertiary/aromatic N) is 2. The molecule has 1 aliphatic rings. The molecule has 1 atom stereocenters. The number of nitrogens with one attached hydrogen (secondary N) is 1. The fourth-order valence-corrected chi connectivity index (χ4v) is 2.56. The van der Waals surface area contributed by atoms with Gasteiger partial charge >= 0.3 is 0 Å². The van der Waals surface area contributed by atoms with Gasteiger partial charge in [0.05, 0.1) is 37.1 Å². The number of hydrogen-bond acceptors (Lipinski definition) is 4. The van der Waals surface area contributed by atoms with Crippen LogP contribution in [0, 0.1) is 0 Å². The Balaban J connectivity index is 1.65. The Morgan fingerprint density at radius 1 is 1.45 bits per heavy atom. The molecule has 0 bridgehead atoms. The highest BCUT2D eigenvalue weighted by Crippen LogP contribution is 2.19. The summed E-state index contributed by atoms with van der Waals surface area (Å²) in [5.74, 6) is 0. The largest absolute Gasteiger partial charge is 0.373 e. The number of ether oxygens (including phenoxy) is 2. The van der Waals surface area contributed by atoms with Crippen LogP contribution >= 0.6 is 0 Å². The maximum atomic E-state index is 5.78. The van der Waals surface area contributed by atoms with Gasteiger partial charge in [0.15, 0.2) is 0 Å². The fraction of sp³-hybridized carbons (Fsp3) is 0.533. The quantitative estimate of drug-likeness (QED) is 0.899. The minimum absolute atomic E-state index is 0.156. The summed E-state index contributed by atoms with van der Waals surface area (Å²) in [6.07, 6.45) is 0.156. The first-order valence-electron chi connectivity index (χ1n) is 7.23. The topological polar surface area (TPSA) is 48.3 Å². The molecule has 1 aromatic heterocycles. The predicted octanol–water partition coefficient (Wildman–Crippen LogP) is 1.56. The second kappa shape index (κ2) is 6.35. The van der Waals surface area contributed by atoms with Crippen molar-refractivity contribution in [2.75, 3.05) is 26.3 Å². The van der Waals surface area contributed by atoms with Gasteiger partial charge < -0.3 is 14.8 Å². The average molecular weight is 275 g/mol. The number of benzene rings is 1. The monoisotopic (exact) mass is 275 g/mol. The number of fused-ring (bicyclic) bond motifs is 1. The molecule has 1 N–H and O–H groups in total. The molecular formula is C15H21N3O2. The molecule has 1 fully saturated rings. The molecule has 0 spiro atoms. The van der Waals surface area contributed by atoms with Crippen LogP contribution in [-0.2, 0) is 22.6 Å². The van der Waals surface area contributed by atoms with Gasteiger partial charge in [-0.25, -0.2) is 0 Å². The van der Waals surface area contributed by atoms with Crippen molar-refractivity contribution in [1.29, 1.82) is 0 Å². The minimum atomic E-state index is 0.156. The molecular weight excluding hydrogens is 254 g/mol. The zero-order valence-electron chi connectivity index (χ0n) is 11.8. The lowest BCUT2D eigenvalue weighted by molar-refractivity contribution is -0.0361. The summed E-state index contributed by atoms with van der Waals surface area (Å²) in [4.78, 5) is 0. The van der Waals surface area contributed by atoms with E-state index >= 15 is 0 Å². The lowest BCUT2D eigenvalue weighted by Crippen LogP contribution is -2.40. The van der Waals surface area contributed by atoms with Crippen LogP contribution in [-0.4, -0.2) is 42.2 Å². The van der Waals surface area contributed by atoms with Gasteiger partial charge in [-0.2, -0.15) is 5.10 Å². The summed E-state index contributed by atoms with van der Waals surface area (Å²) in [6.45, 7) is 6.68. The summed E-state index contributed by atoms with van der Waals surface area (Å²) >= 11 is 0. The Kier molecular flexibility index (Phi) is 4.30. The Labute approximate surface area is 118 Å². The Morgan fingerprint density at radius 2 is 2.35 bits per heavy atom. The van der Waals surface area contributed by atoms with Crippen LogP contribution in [0.1, 0.15) is 12.6 Å². The summed E-state index contributed by atoms with van der Waals surface area (Å²) in [7, 11) is 0. The second-order valence-corrected chi connectivity index (χ2v) is 4.99. The van der Waals surface area contributed by atoms with Crippen molar-refractivity contribution in [3.05, 3.63) is 30.0 Å². The van der Waals surface area contributed by atoms with E-state index in [0.717, 1.165) is 31.9 Å². The number of aryl methyl sites for hydroxylation is 1. The molecule has 20 heavy (non-hydrogen) atoms. The first-order chi connectivity index (χ1) is 9.88. The van der Waals surface area contributed by atoms with Crippen molar-refractivity contribution < 1.29 is 9.47 Å². The van der Waals surface area contributed by atoms with Crippen LogP contribution in [0.5, 0.6) is 0 Å². The van der Waals surface area contributed by atoms with E-state index in [0.29, 0.717) is 13.2 Å². The van der Waals surface area contributed by atoms with Crippen LogP contribution in [0.15, 0.2) is 24.3 Å². The number of rotatable bonds is 5. The number of para-hydroxylation sites is 1. The minimum Gasteiger partial charge on any atom is -0.373 e. The van der Waals surface area contributed by atoms with E-state index in [1.54, 1.807) is 0 Å². The summed E-state index contributed by atoms with van der Waals surface area (Å²) in [5.41, 5.74) is 2.18. The summed E-state index contributed by atoms with van der Waals surface area (Å²) in [5, 5.41) is 9.11. The average Bonchev–Trinajstić information content (AvgIpc) is 2.87. The Bertz CT molecular complexity index is 561. The standard InChI is InChI=1S/C15H21N3O2/c1-2-18-15-6-4-3-5-13(15)14(17-18)11-19-10-12-9-16-7-8-20-12/h3-6,12,16H,2,7-11H2,1H3. The van der Waals surface area contributed by atoms with Gasteiger partial charge in [-0.05, 0) is 13.0 Å². The zero-order valence-corrected chi connectivity index (χ0v) is 11.8. The Morgan fingerprint density at radius 3 is 3.15 bits per heavy atom. The van der Waals surface area contributed by atoms with Crippen molar-refractivity contribution in [2.24, 2.45) is 0 Å². The highest BCUT2D eigenvalue weighted by Gasteiger charge is 2.14. The summed E-state index contributed by atoms with van der Waals surface area (Å²) in [6, 6.07) is 8.29. The van der Waals surface area contributed by atoms with E-state index in [9.17, 15) is 0 Å². The molecule has 1 saturated heterocycles. The highest BCUT2D eigenvalue weighted by molar-refractivity contribution is 5.81. The summed E-state index contributed by atoms with van der Waals surface area (Å²) < 4.78 is 13.4. The molecule has 0 radical (unpaired) electrons. The van der Waals surface area contributed by atoms with Gasteiger partial charge in [0.25, 0.3) is 0 Å². The lowest BCUT2D eigenvalue weighted by atomic mass is 10.2. The smallest absolute Gasteiger partial charge is 0.0960 e. The van der Waals surface area contributed by atoms with Crippen molar-refractivity contribution >= 4 is 10.9 Å². The SMILES string of the molecule is CCn1nc(COCC2CNCCO2)c2ccccc21. The normalized spacial score (nSPS) is 19.6. The molecule has 5 nitrogen and oxygen atoms in total. The van der Waals surface area contributed by atoms with E-state index in [2.05, 4.69) is 29.5 Å². The van der Waals surface area contributed by atoms with Crippen LogP contribution in [0.2, 0.25) is 0 Å². The van der Waals surface area contributed by atoms with E-state index in [-0.39, 0.29) is 6.10 Å². The van der Waals surface area contributed by atoms with Crippen molar-refractivity contribution in [2.45, 2.75) is 26.2 Å². The molecule has 5 heteroatoms. The lowest BCUT2D eigenvalue weighted by Gasteiger charge is -2.23. The third kappa shape index (κ3) is 2.85. The van der Waals surface area contributed by atoms with Gasteiger partial charge in [0.1, 0.15) is 0 Å². The number of aromatic nitrogens is 2. The molecule has 1 aliphatic heterocycles. The zero-order chi connectivity index (χ0) is 13.8. The third-order valence-corrected chi connectivity index (χ3v) is 3.58. The van der Waals surface area contributed by atoms with E-state index in [1.807, 2.05) is 16.8 Å². The molecule has 0 saturated carbocycles. The molecule has 0 amide bonds. The van der Waals surface area contributed by atoms with E-state index in [1.165, 1.54) is 10.9 Å². The maximum absolute atomic E-state index is 5.78. The van der Waals surface area contributed by atoms with E-state index in [4.69, 9.17) is 9.47 Å². The van der Waals surface area contributed by atoms with Crippen molar-refractivity contribution in [1.82, 2.24) is 15.1 Å². The van der Waals surface area contributed by atoms with Crippen LogP contribution in [0.4, 0.5) is 0 Å². The van der Waals surface area contributed by atoms with Crippen molar-refractivity contribution in [3.8, 4) is 0 Å². The van der Waals surface area contributed by atoms with Gasteiger partial charge in [0.2, 0.25) is 0 Å². The van der Waals surface area contributed by atoms with Crippen LogP contribution in [0.3, 0.4) is 0 Å². The first kappa shape index (κ1) is 13.5. The number of hydrogen-bond donors (Lipinski definition) is 1. The van der Waals surface area contributed by atoms with Gasteiger partial charge in [-0.3, -0.25) is 4.68 Å². The van der Waals surface area contributed by atoms with Crippen LogP contribution < -0.4 is 5.32 Å². The van der Waals surface area contributed by atoms with E-state index < -0.39 is 0 Å². The molecule has 1 unspecified atom stereocenters. The van der Waals surface area contributed by atoms with Gasteiger partial charge in [-0.1, -0.05) is 18.2 Å². The highest BCUT2D eigenvalue weighted by atomic mass is 16.5. The third-order valence-electron chi connectivity index (χ3n) is 3.58. The van der Waals surface area contributed by atoms with Gasteiger partial charge in [-0.15, -0.1) is 0 Å². The number of morpholine rings is 1. The molecule has 3 rings (SSSR count). The molecule has 2 aromatic rings. The van der Waals surface area contributed by atoms with Crippen molar-refractivity contribution in [3.63, 3.8) is 0 Å². The maximum Gasteiger partial charge on any atom is 0.0960 e. The molecule has 2 heterocycles. The van der Waals surface area contributed by atoms with Gasteiger partial charge in [0, 0.05) is 25.0 Å². The van der Waals surface area contributed by atoms with Crippen LogP contribution in [0.25, 0.3) is 10.9 Å². The second-order valence-electron chi connectivity index (χ2n) is 4.99. The molecule has 108 valence electrons.